The molecule has 148 valence electrons. The molecule has 1 aromatic carbocycles. The Kier molecular flexibility index (Phi) is 5.35. The van der Waals surface area contributed by atoms with Crippen molar-refractivity contribution in [2.24, 2.45) is 0 Å². The van der Waals surface area contributed by atoms with E-state index in [0.29, 0.717) is 29.9 Å². The molecule has 0 spiro atoms. The Morgan fingerprint density at radius 2 is 1.79 bits per heavy atom. The van der Waals surface area contributed by atoms with Gasteiger partial charge in [-0.1, -0.05) is 29.8 Å². The quantitative estimate of drug-likeness (QED) is 0.724. The molecule has 0 atom stereocenters. The summed E-state index contributed by atoms with van der Waals surface area (Å²) in [5.74, 6) is -1.47. The Morgan fingerprint density at radius 1 is 1.11 bits per heavy atom. The number of carbonyl (C=O) groups excluding carboxylic acids is 1. The molecule has 3 rings (SSSR count). The predicted molar refractivity (Wildman–Crippen MR) is 96.6 cm³/mol. The van der Waals surface area contributed by atoms with Crippen LogP contribution in [0.3, 0.4) is 0 Å². The number of hydrogen-bond acceptors (Lipinski definition) is 4. The number of nitrogens with one attached hydrogen (secondary N) is 1. The maximum Gasteiger partial charge on any atom is 0.453 e. The summed E-state index contributed by atoms with van der Waals surface area (Å²) in [6.07, 6.45) is -4.09. The fourth-order valence-corrected chi connectivity index (χ4v) is 2.92. The third-order valence-corrected chi connectivity index (χ3v) is 4.51. The second-order valence-electron chi connectivity index (χ2n) is 6.67. The highest BCUT2D eigenvalue weighted by molar-refractivity contribution is 5.76. The summed E-state index contributed by atoms with van der Waals surface area (Å²) in [6.45, 7) is 5.75. The molecule has 0 bridgehead atoms. The van der Waals surface area contributed by atoms with Gasteiger partial charge in [0.05, 0.1) is 0 Å². The van der Waals surface area contributed by atoms with E-state index in [4.69, 9.17) is 0 Å². The van der Waals surface area contributed by atoms with Crippen LogP contribution < -0.4 is 5.32 Å². The number of halogens is 3. The van der Waals surface area contributed by atoms with Gasteiger partial charge in [-0.05, 0) is 38.3 Å². The number of hydrogen-bond donors (Lipinski definition) is 1. The zero-order valence-corrected chi connectivity index (χ0v) is 15.8. The molecule has 2 heterocycles. The van der Waals surface area contributed by atoms with Gasteiger partial charge >= 0.3 is 6.18 Å². The third kappa shape index (κ3) is 4.29. The van der Waals surface area contributed by atoms with E-state index < -0.39 is 12.0 Å². The van der Waals surface area contributed by atoms with E-state index in [1.165, 1.54) is 0 Å². The first-order valence-corrected chi connectivity index (χ1v) is 8.77. The summed E-state index contributed by atoms with van der Waals surface area (Å²) >= 11 is 0. The number of aryl methyl sites for hydroxylation is 3. The number of nitrogens with zero attached hydrogens (tertiary/aromatic N) is 4. The fraction of sp³-hybridized carbons (Fsp3) is 0.368. The lowest BCUT2D eigenvalue weighted by Gasteiger charge is -2.10. The van der Waals surface area contributed by atoms with Crippen molar-refractivity contribution < 1.29 is 18.0 Å². The van der Waals surface area contributed by atoms with Crippen LogP contribution in [-0.2, 0) is 23.9 Å². The van der Waals surface area contributed by atoms with Crippen molar-refractivity contribution in [1.82, 2.24) is 24.9 Å². The summed E-state index contributed by atoms with van der Waals surface area (Å²) in [7, 11) is 0. The van der Waals surface area contributed by atoms with Crippen LogP contribution in [0.1, 0.15) is 40.3 Å². The van der Waals surface area contributed by atoms with Gasteiger partial charge in [-0.2, -0.15) is 18.2 Å². The van der Waals surface area contributed by atoms with Crippen LogP contribution in [0.25, 0.3) is 5.78 Å². The van der Waals surface area contributed by atoms with Crippen LogP contribution in [0, 0.1) is 20.8 Å². The Balaban J connectivity index is 1.69. The van der Waals surface area contributed by atoms with Crippen LogP contribution in [-0.4, -0.2) is 25.5 Å². The van der Waals surface area contributed by atoms with Gasteiger partial charge in [0.15, 0.2) is 0 Å². The van der Waals surface area contributed by atoms with E-state index in [9.17, 15) is 18.0 Å². The zero-order valence-electron chi connectivity index (χ0n) is 15.8. The van der Waals surface area contributed by atoms with Gasteiger partial charge in [-0.15, -0.1) is 5.10 Å². The summed E-state index contributed by atoms with van der Waals surface area (Å²) in [6, 6.07) is 7.85. The van der Waals surface area contributed by atoms with Crippen LogP contribution in [0.5, 0.6) is 0 Å². The summed E-state index contributed by atoms with van der Waals surface area (Å²) in [4.78, 5) is 19.7. The highest BCUT2D eigenvalue weighted by Crippen LogP contribution is 2.27. The first-order chi connectivity index (χ1) is 13.1. The van der Waals surface area contributed by atoms with E-state index in [1.807, 2.05) is 31.2 Å². The lowest BCUT2D eigenvalue weighted by molar-refractivity contribution is -0.144. The number of alkyl halides is 3. The van der Waals surface area contributed by atoms with Crippen LogP contribution in [0.15, 0.2) is 24.3 Å². The second kappa shape index (κ2) is 7.57. The average Bonchev–Trinajstić information content (AvgIpc) is 3.05. The highest BCUT2D eigenvalue weighted by Gasteiger charge is 2.36. The minimum absolute atomic E-state index is 0.102. The first-order valence-electron chi connectivity index (χ1n) is 8.77. The van der Waals surface area contributed by atoms with E-state index in [-0.39, 0.29) is 18.1 Å². The van der Waals surface area contributed by atoms with Crippen molar-refractivity contribution in [1.29, 1.82) is 0 Å². The molecule has 6 nitrogen and oxygen atoms in total. The van der Waals surface area contributed by atoms with Gasteiger partial charge in [0.1, 0.15) is 0 Å². The lowest BCUT2D eigenvalue weighted by Crippen LogP contribution is -2.23. The Morgan fingerprint density at radius 3 is 2.43 bits per heavy atom. The normalized spacial score (nSPS) is 11.8. The van der Waals surface area contributed by atoms with Gasteiger partial charge in [0.25, 0.3) is 11.6 Å². The molecule has 0 radical (unpaired) electrons. The molecular weight excluding hydrogens is 371 g/mol. The number of benzene rings is 1. The zero-order chi connectivity index (χ0) is 20.5. The van der Waals surface area contributed by atoms with E-state index >= 15 is 0 Å². The average molecular weight is 391 g/mol. The van der Waals surface area contributed by atoms with Gasteiger partial charge in [0.2, 0.25) is 5.91 Å². The molecule has 0 fully saturated rings. The monoisotopic (exact) mass is 391 g/mol. The molecule has 1 amide bonds. The fourth-order valence-electron chi connectivity index (χ4n) is 2.92. The molecule has 28 heavy (non-hydrogen) atoms. The molecule has 0 aliphatic rings. The number of carbonyl (C=O) groups is 1. The molecular formula is C19H20F3N5O. The molecule has 3 aromatic rings. The molecule has 9 heteroatoms. The lowest BCUT2D eigenvalue weighted by atomic mass is 10.1. The predicted octanol–water partition coefficient (Wildman–Crippen LogP) is 3.32. The molecule has 0 saturated carbocycles. The van der Waals surface area contributed by atoms with Gasteiger partial charge in [-0.3, -0.25) is 4.79 Å². The van der Waals surface area contributed by atoms with Crippen molar-refractivity contribution in [2.45, 2.75) is 46.3 Å². The van der Waals surface area contributed by atoms with E-state index in [2.05, 4.69) is 20.4 Å². The van der Waals surface area contributed by atoms with Crippen LogP contribution >= 0.6 is 0 Å². The molecule has 0 unspecified atom stereocenters. The molecule has 0 saturated heterocycles. The first kappa shape index (κ1) is 19.8. The van der Waals surface area contributed by atoms with Crippen molar-refractivity contribution >= 4 is 11.7 Å². The Bertz CT molecular complexity index is 1010. The third-order valence-electron chi connectivity index (χ3n) is 4.51. The molecule has 2 aromatic heterocycles. The SMILES string of the molecule is Cc1ccc(CNC(=O)CCc2c(C)nc3nc(C(F)(F)F)nn3c2C)cc1. The Hall–Kier alpha value is -2.97. The second-order valence-corrected chi connectivity index (χ2v) is 6.67. The number of amides is 1. The van der Waals surface area contributed by atoms with Crippen molar-refractivity contribution in [3.8, 4) is 0 Å². The summed E-state index contributed by atoms with van der Waals surface area (Å²) in [5.41, 5.74) is 3.87. The number of rotatable bonds is 5. The maximum atomic E-state index is 12.8. The van der Waals surface area contributed by atoms with E-state index in [0.717, 1.165) is 15.6 Å². The standard InChI is InChI=1S/C19H20F3N5O/c1-11-4-6-14(7-5-11)10-23-16(28)9-8-15-12(2)24-18-25-17(19(20,21)22)26-27(18)13(15)3/h4-7H,8-10H2,1-3H3,(H,23,28). The van der Waals surface area contributed by atoms with Crippen molar-refractivity contribution in [3.05, 3.63) is 58.2 Å². The van der Waals surface area contributed by atoms with E-state index in [1.54, 1.807) is 13.8 Å². The minimum Gasteiger partial charge on any atom is -0.352 e. The topological polar surface area (TPSA) is 72.2 Å². The largest absolute Gasteiger partial charge is 0.453 e. The molecule has 0 aliphatic heterocycles. The van der Waals surface area contributed by atoms with Crippen LogP contribution in [0.2, 0.25) is 0 Å². The summed E-state index contributed by atoms with van der Waals surface area (Å²) in [5, 5.41) is 6.36. The molecule has 1 N–H and O–H groups in total. The minimum atomic E-state index is -4.63. The van der Waals surface area contributed by atoms with Gasteiger partial charge < -0.3 is 5.32 Å². The number of aromatic nitrogens is 4. The van der Waals surface area contributed by atoms with Crippen molar-refractivity contribution in [3.63, 3.8) is 0 Å². The number of fused-ring (bicyclic) bond motifs is 1. The maximum absolute atomic E-state index is 12.8. The van der Waals surface area contributed by atoms with Gasteiger partial charge in [-0.25, -0.2) is 9.50 Å². The highest BCUT2D eigenvalue weighted by atomic mass is 19.4. The van der Waals surface area contributed by atoms with Crippen LogP contribution in [0.4, 0.5) is 13.2 Å². The Labute approximate surface area is 159 Å². The van der Waals surface area contributed by atoms with Gasteiger partial charge in [0, 0.05) is 24.4 Å². The summed E-state index contributed by atoms with van der Waals surface area (Å²) < 4.78 is 39.6. The smallest absolute Gasteiger partial charge is 0.352 e. The molecule has 0 aliphatic carbocycles. The van der Waals surface area contributed by atoms with Crippen molar-refractivity contribution in [2.75, 3.05) is 0 Å².